The van der Waals surface area contributed by atoms with Crippen molar-refractivity contribution in [1.82, 2.24) is 14.9 Å². The molecule has 9 nitrogen and oxygen atoms in total. The number of nitrogens with zero attached hydrogens (tertiary/aromatic N) is 4. The first-order valence-corrected chi connectivity index (χ1v) is 12.6. The van der Waals surface area contributed by atoms with E-state index in [0.29, 0.717) is 29.1 Å². The monoisotopic (exact) mass is 549 g/mol. The van der Waals surface area contributed by atoms with Crippen LogP contribution in [-0.2, 0) is 4.74 Å². The fourth-order valence-corrected chi connectivity index (χ4v) is 5.11. The molecule has 2 aromatic heterocycles. The van der Waals surface area contributed by atoms with Crippen molar-refractivity contribution in [2.75, 3.05) is 25.2 Å². The molecule has 0 aliphatic carbocycles. The van der Waals surface area contributed by atoms with Crippen molar-refractivity contribution >= 4 is 40.3 Å². The molecule has 2 atom stereocenters. The molecule has 194 valence electrons. The number of benzene rings is 2. The first-order valence-electron chi connectivity index (χ1n) is 11.8. The molecule has 1 aliphatic rings. The van der Waals surface area contributed by atoms with E-state index in [-0.39, 0.29) is 17.8 Å². The maximum absolute atomic E-state index is 11.2. The van der Waals surface area contributed by atoms with Crippen LogP contribution in [0, 0.1) is 10.1 Å². The molecule has 1 fully saturated rings. The number of hydrogen-bond acceptors (Lipinski definition) is 6. The molecule has 11 heteroatoms. The number of thiocarbonyl (C=S) groups is 1. The number of nitro groups is 1. The third-order valence-corrected chi connectivity index (χ3v) is 6.87. The zero-order valence-corrected chi connectivity index (χ0v) is 21.9. The first kappa shape index (κ1) is 25.7. The second-order valence-electron chi connectivity index (χ2n) is 8.53. The maximum Gasteiger partial charge on any atom is 0.269 e. The van der Waals surface area contributed by atoms with Crippen LogP contribution in [0.1, 0.15) is 23.5 Å². The Balaban J connectivity index is 1.57. The van der Waals surface area contributed by atoms with Gasteiger partial charge in [-0.15, -0.1) is 0 Å². The number of methoxy groups -OCH3 is 1. The molecule has 1 N–H and O–H groups in total. The minimum absolute atomic E-state index is 0.0293. The van der Waals surface area contributed by atoms with Gasteiger partial charge in [-0.1, -0.05) is 17.7 Å². The van der Waals surface area contributed by atoms with E-state index < -0.39 is 4.92 Å². The Morgan fingerprint density at radius 2 is 1.87 bits per heavy atom. The van der Waals surface area contributed by atoms with Crippen LogP contribution < -0.4 is 15.0 Å². The summed E-state index contributed by atoms with van der Waals surface area (Å²) in [5.41, 5.74) is 3.34. The predicted molar refractivity (Wildman–Crippen MR) is 149 cm³/mol. The van der Waals surface area contributed by atoms with Crippen LogP contribution in [0.15, 0.2) is 85.2 Å². The summed E-state index contributed by atoms with van der Waals surface area (Å²) in [5, 5.41) is 15.6. The quantitative estimate of drug-likeness (QED) is 0.124. The average Bonchev–Trinajstić information content (AvgIpc) is 3.54. The summed E-state index contributed by atoms with van der Waals surface area (Å²) in [4.78, 5) is 17.4. The molecule has 0 amide bonds. The second-order valence-corrected chi connectivity index (χ2v) is 9.32. The molecule has 0 bridgehead atoms. The molecule has 38 heavy (non-hydrogen) atoms. The molecular weight excluding hydrogens is 526 g/mol. The van der Waals surface area contributed by atoms with Gasteiger partial charge in [0, 0.05) is 48.7 Å². The van der Waals surface area contributed by atoms with E-state index in [1.165, 1.54) is 12.1 Å². The minimum Gasteiger partial charge on any atom is -0.490 e. The predicted octanol–water partition coefficient (Wildman–Crippen LogP) is 5.64. The zero-order chi connectivity index (χ0) is 26.6. The lowest BCUT2D eigenvalue weighted by atomic mass is 10.0. The van der Waals surface area contributed by atoms with E-state index in [1.807, 2.05) is 64.2 Å². The molecular formula is C27H24ClN5O4S. The Labute approximate surface area is 229 Å². The summed E-state index contributed by atoms with van der Waals surface area (Å²) in [6.07, 6.45) is 3.67. The highest BCUT2D eigenvalue weighted by Crippen LogP contribution is 2.43. The molecule has 0 saturated carbocycles. The maximum atomic E-state index is 11.2. The third-order valence-electron chi connectivity index (χ3n) is 6.26. The van der Waals surface area contributed by atoms with Crippen molar-refractivity contribution in [3.05, 3.63) is 112 Å². The molecule has 0 spiro atoms. The van der Waals surface area contributed by atoms with Crippen molar-refractivity contribution in [1.29, 1.82) is 0 Å². The highest BCUT2D eigenvalue weighted by molar-refractivity contribution is 7.80. The second kappa shape index (κ2) is 11.2. The summed E-state index contributed by atoms with van der Waals surface area (Å²) < 4.78 is 12.8. The zero-order valence-electron chi connectivity index (χ0n) is 20.4. The number of non-ortho nitro benzene ring substituents is 1. The lowest BCUT2D eigenvalue weighted by Crippen LogP contribution is -2.30. The van der Waals surface area contributed by atoms with Gasteiger partial charge in [0.2, 0.25) is 0 Å². The topological polar surface area (TPSA) is 94.7 Å². The Kier molecular flexibility index (Phi) is 7.54. The van der Waals surface area contributed by atoms with Crippen molar-refractivity contribution in [2.24, 2.45) is 0 Å². The van der Waals surface area contributed by atoms with Crippen LogP contribution in [0.5, 0.6) is 5.75 Å². The van der Waals surface area contributed by atoms with E-state index >= 15 is 0 Å². The Morgan fingerprint density at radius 1 is 1.08 bits per heavy atom. The lowest BCUT2D eigenvalue weighted by Gasteiger charge is -2.29. The number of ether oxygens (including phenoxy) is 2. The number of nitro benzene ring substituents is 1. The van der Waals surface area contributed by atoms with Crippen molar-refractivity contribution in [3.63, 3.8) is 0 Å². The number of hydrogen-bond donors (Lipinski definition) is 1. The van der Waals surface area contributed by atoms with Gasteiger partial charge in [-0.25, -0.2) is 0 Å². The van der Waals surface area contributed by atoms with Gasteiger partial charge in [-0.2, -0.15) is 0 Å². The van der Waals surface area contributed by atoms with Gasteiger partial charge < -0.3 is 24.3 Å². The number of halogens is 1. The summed E-state index contributed by atoms with van der Waals surface area (Å²) in [6, 6.07) is 21.1. The summed E-state index contributed by atoms with van der Waals surface area (Å²) in [5.74, 6) is 0.553. The molecule has 0 unspecified atom stereocenters. The lowest BCUT2D eigenvalue weighted by molar-refractivity contribution is -0.384. The highest BCUT2D eigenvalue weighted by atomic mass is 35.5. The summed E-state index contributed by atoms with van der Waals surface area (Å²) in [7, 11) is 1.61. The standard InChI is InChI=1S/C27H24ClN5O4S/c1-36-15-16-37-24-12-11-20(17-21(24)28)32-26(25(30-27(32)38)22-5-2-3-13-29-22)23-6-4-14-31(23)18-7-9-19(10-8-18)33(34)35/h2-14,17,25-26H,15-16H2,1H3,(H,30,38)/t25-,26+/m1/s1. The molecule has 2 aromatic carbocycles. The molecule has 1 aliphatic heterocycles. The minimum atomic E-state index is -0.412. The Morgan fingerprint density at radius 3 is 2.55 bits per heavy atom. The van der Waals surface area contributed by atoms with Crippen molar-refractivity contribution < 1.29 is 14.4 Å². The van der Waals surface area contributed by atoms with Crippen LogP contribution in [0.25, 0.3) is 5.69 Å². The van der Waals surface area contributed by atoms with Crippen LogP contribution in [0.3, 0.4) is 0 Å². The fourth-order valence-electron chi connectivity index (χ4n) is 4.53. The van der Waals surface area contributed by atoms with E-state index in [4.69, 9.17) is 33.3 Å². The van der Waals surface area contributed by atoms with Crippen LogP contribution in [0.2, 0.25) is 5.02 Å². The SMILES string of the molecule is COCCOc1ccc(N2C(=S)N[C@H](c3ccccn3)[C@@H]2c2cccn2-c2ccc([N+](=O)[O-])cc2)cc1Cl. The van der Waals surface area contributed by atoms with E-state index in [9.17, 15) is 10.1 Å². The average molecular weight is 550 g/mol. The molecule has 0 radical (unpaired) electrons. The van der Waals surface area contributed by atoms with Gasteiger partial charge in [0.1, 0.15) is 18.4 Å². The Bertz CT molecular complexity index is 1450. The number of rotatable bonds is 9. The first-order chi connectivity index (χ1) is 18.5. The van der Waals surface area contributed by atoms with E-state index in [2.05, 4.69) is 10.3 Å². The van der Waals surface area contributed by atoms with Gasteiger partial charge in [0.15, 0.2) is 5.11 Å². The number of nitrogens with one attached hydrogen (secondary N) is 1. The Hall–Kier alpha value is -3.99. The largest absolute Gasteiger partial charge is 0.490 e. The van der Waals surface area contributed by atoms with Gasteiger partial charge in [0.05, 0.1) is 28.3 Å². The van der Waals surface area contributed by atoms with Gasteiger partial charge in [0.25, 0.3) is 5.69 Å². The summed E-state index contributed by atoms with van der Waals surface area (Å²) in [6.45, 7) is 0.831. The number of aromatic nitrogens is 2. The molecule has 1 saturated heterocycles. The fraction of sp³-hybridized carbons (Fsp3) is 0.185. The van der Waals surface area contributed by atoms with Crippen LogP contribution in [0.4, 0.5) is 11.4 Å². The van der Waals surface area contributed by atoms with Gasteiger partial charge in [-0.05, 0) is 66.8 Å². The number of pyridine rings is 1. The normalized spacial score (nSPS) is 16.9. The number of anilines is 1. The van der Waals surface area contributed by atoms with Crippen molar-refractivity contribution in [3.8, 4) is 11.4 Å². The van der Waals surface area contributed by atoms with Crippen LogP contribution in [-0.4, -0.2) is 39.9 Å². The molecule has 4 aromatic rings. The van der Waals surface area contributed by atoms with Crippen molar-refractivity contribution in [2.45, 2.75) is 12.1 Å². The smallest absolute Gasteiger partial charge is 0.269 e. The third kappa shape index (κ3) is 5.06. The van der Waals surface area contributed by atoms with Gasteiger partial charge in [-0.3, -0.25) is 15.1 Å². The summed E-state index contributed by atoms with van der Waals surface area (Å²) >= 11 is 12.4. The van der Waals surface area contributed by atoms with Crippen LogP contribution >= 0.6 is 23.8 Å². The highest BCUT2D eigenvalue weighted by Gasteiger charge is 2.42. The molecule has 3 heterocycles. The van der Waals surface area contributed by atoms with E-state index in [1.54, 1.807) is 25.4 Å². The van der Waals surface area contributed by atoms with Gasteiger partial charge >= 0.3 is 0 Å². The molecule has 5 rings (SSSR count). The van der Waals surface area contributed by atoms with E-state index in [0.717, 1.165) is 22.8 Å².